The SMILES string of the molecule is COc1cn(-c2ccccc2)nc1C(=O)O[C@H](C)C(=O)N1CCc2ccccc21. The number of methoxy groups -OCH3 is 1. The molecule has 0 aliphatic carbocycles. The van der Waals surface area contributed by atoms with Crippen LogP contribution in [0.1, 0.15) is 23.0 Å². The Morgan fingerprint density at radius 2 is 1.79 bits per heavy atom. The molecule has 148 valence electrons. The lowest BCUT2D eigenvalue weighted by molar-refractivity contribution is -0.126. The van der Waals surface area contributed by atoms with Crippen molar-refractivity contribution in [3.8, 4) is 11.4 Å². The number of benzene rings is 2. The van der Waals surface area contributed by atoms with Crippen LogP contribution in [0.5, 0.6) is 5.75 Å². The second-order valence-corrected chi connectivity index (χ2v) is 6.74. The first-order valence-corrected chi connectivity index (χ1v) is 9.38. The van der Waals surface area contributed by atoms with E-state index >= 15 is 0 Å². The van der Waals surface area contributed by atoms with E-state index < -0.39 is 12.1 Å². The van der Waals surface area contributed by atoms with Gasteiger partial charge < -0.3 is 14.4 Å². The fourth-order valence-electron chi connectivity index (χ4n) is 3.42. The van der Waals surface area contributed by atoms with Crippen LogP contribution in [0, 0.1) is 0 Å². The Kier molecular flexibility index (Phi) is 5.03. The zero-order chi connectivity index (χ0) is 20.4. The van der Waals surface area contributed by atoms with Crippen LogP contribution in [0.25, 0.3) is 5.69 Å². The molecule has 2 heterocycles. The minimum Gasteiger partial charge on any atom is -0.493 e. The van der Waals surface area contributed by atoms with Gasteiger partial charge in [0.1, 0.15) is 0 Å². The molecule has 4 rings (SSSR count). The predicted molar refractivity (Wildman–Crippen MR) is 107 cm³/mol. The van der Waals surface area contributed by atoms with E-state index in [4.69, 9.17) is 9.47 Å². The van der Waals surface area contributed by atoms with E-state index in [2.05, 4.69) is 5.10 Å². The van der Waals surface area contributed by atoms with Gasteiger partial charge in [-0.3, -0.25) is 4.79 Å². The Labute approximate surface area is 168 Å². The normalized spacial score (nSPS) is 13.7. The summed E-state index contributed by atoms with van der Waals surface area (Å²) in [7, 11) is 1.46. The summed E-state index contributed by atoms with van der Waals surface area (Å²) in [5, 5.41) is 4.29. The number of carbonyl (C=O) groups is 2. The highest BCUT2D eigenvalue weighted by Crippen LogP contribution is 2.28. The van der Waals surface area contributed by atoms with E-state index in [0.29, 0.717) is 6.54 Å². The Morgan fingerprint density at radius 3 is 2.55 bits per heavy atom. The van der Waals surface area contributed by atoms with Gasteiger partial charge >= 0.3 is 5.97 Å². The van der Waals surface area contributed by atoms with E-state index in [0.717, 1.165) is 23.4 Å². The van der Waals surface area contributed by atoms with Gasteiger partial charge in [-0.2, -0.15) is 5.10 Å². The molecule has 7 heteroatoms. The van der Waals surface area contributed by atoms with Crippen LogP contribution in [0.15, 0.2) is 60.8 Å². The molecule has 0 saturated carbocycles. The number of rotatable bonds is 5. The standard InChI is InChI=1S/C22H21N3O4/c1-15(21(26)24-13-12-16-8-6-7-11-18(16)24)29-22(27)20-19(28-2)14-25(23-20)17-9-4-3-5-10-17/h3-11,14-15H,12-13H2,1-2H3/t15-/m1/s1. The van der Waals surface area contributed by atoms with Gasteiger partial charge in [0.25, 0.3) is 5.91 Å². The monoisotopic (exact) mass is 391 g/mol. The van der Waals surface area contributed by atoms with Crippen LogP contribution in [-0.2, 0) is 16.0 Å². The first-order valence-electron chi connectivity index (χ1n) is 9.38. The highest BCUT2D eigenvalue weighted by molar-refractivity contribution is 6.00. The number of amides is 1. The van der Waals surface area contributed by atoms with E-state index in [9.17, 15) is 9.59 Å². The predicted octanol–water partition coefficient (Wildman–Crippen LogP) is 3.02. The summed E-state index contributed by atoms with van der Waals surface area (Å²) < 4.78 is 12.2. The van der Waals surface area contributed by atoms with Gasteiger partial charge in [-0.15, -0.1) is 0 Å². The third-order valence-electron chi connectivity index (χ3n) is 4.90. The smallest absolute Gasteiger partial charge is 0.363 e. The number of para-hydroxylation sites is 2. The van der Waals surface area contributed by atoms with Crippen LogP contribution in [0.4, 0.5) is 5.69 Å². The largest absolute Gasteiger partial charge is 0.493 e. The van der Waals surface area contributed by atoms with Crippen molar-refractivity contribution < 1.29 is 19.1 Å². The number of fused-ring (bicyclic) bond motifs is 1. The third kappa shape index (κ3) is 3.59. The number of hydrogen-bond acceptors (Lipinski definition) is 5. The molecule has 0 saturated heterocycles. The molecule has 0 fully saturated rings. The summed E-state index contributed by atoms with van der Waals surface area (Å²) >= 11 is 0. The molecule has 0 N–H and O–H groups in total. The Morgan fingerprint density at radius 1 is 1.07 bits per heavy atom. The molecule has 0 spiro atoms. The highest BCUT2D eigenvalue weighted by atomic mass is 16.6. The van der Waals surface area contributed by atoms with Gasteiger partial charge in [0, 0.05) is 12.2 Å². The second-order valence-electron chi connectivity index (χ2n) is 6.74. The number of hydrogen-bond donors (Lipinski definition) is 0. The van der Waals surface area contributed by atoms with Gasteiger partial charge in [0.15, 0.2) is 11.9 Å². The topological polar surface area (TPSA) is 73.7 Å². The number of aromatic nitrogens is 2. The molecule has 0 unspecified atom stereocenters. The number of nitrogens with zero attached hydrogens (tertiary/aromatic N) is 3. The van der Waals surface area contributed by atoms with Gasteiger partial charge in [0.2, 0.25) is 5.69 Å². The molecule has 1 aliphatic rings. The lowest BCUT2D eigenvalue weighted by atomic mass is 10.2. The zero-order valence-electron chi connectivity index (χ0n) is 16.2. The zero-order valence-corrected chi connectivity index (χ0v) is 16.2. The van der Waals surface area contributed by atoms with Crippen LogP contribution in [0.2, 0.25) is 0 Å². The Bertz CT molecular complexity index is 1050. The van der Waals surface area contributed by atoms with Crippen molar-refractivity contribution in [1.29, 1.82) is 0 Å². The average molecular weight is 391 g/mol. The van der Waals surface area contributed by atoms with Crippen LogP contribution in [-0.4, -0.2) is 41.4 Å². The molecule has 7 nitrogen and oxygen atoms in total. The average Bonchev–Trinajstić information content (AvgIpc) is 3.38. The van der Waals surface area contributed by atoms with Gasteiger partial charge in [-0.25, -0.2) is 9.48 Å². The van der Waals surface area contributed by atoms with Gasteiger partial charge in [-0.05, 0) is 37.1 Å². The van der Waals surface area contributed by atoms with Crippen molar-refractivity contribution >= 4 is 17.6 Å². The third-order valence-corrected chi connectivity index (χ3v) is 4.90. The first-order chi connectivity index (χ1) is 14.1. The number of carbonyl (C=O) groups excluding carboxylic acids is 2. The van der Waals surface area contributed by atoms with Crippen molar-refractivity contribution in [1.82, 2.24) is 9.78 Å². The maximum Gasteiger partial charge on any atom is 0.363 e. The quantitative estimate of drug-likeness (QED) is 0.625. The lowest BCUT2D eigenvalue weighted by Gasteiger charge is -2.21. The summed E-state index contributed by atoms with van der Waals surface area (Å²) in [5.74, 6) is -0.681. The lowest BCUT2D eigenvalue weighted by Crippen LogP contribution is -2.39. The summed E-state index contributed by atoms with van der Waals surface area (Å²) in [4.78, 5) is 27.2. The van der Waals surface area contributed by atoms with E-state index in [1.54, 1.807) is 22.7 Å². The molecular formula is C22H21N3O4. The highest BCUT2D eigenvalue weighted by Gasteiger charge is 2.31. The summed E-state index contributed by atoms with van der Waals surface area (Å²) in [5.41, 5.74) is 2.79. The Balaban J connectivity index is 1.51. The van der Waals surface area contributed by atoms with Crippen LogP contribution in [0.3, 0.4) is 0 Å². The first kappa shape index (κ1) is 18.7. The van der Waals surface area contributed by atoms with Crippen LogP contribution >= 0.6 is 0 Å². The minimum atomic E-state index is -0.944. The summed E-state index contributed by atoms with van der Waals surface area (Å²) in [6, 6.07) is 17.1. The number of esters is 1. The molecule has 2 aromatic carbocycles. The van der Waals surface area contributed by atoms with Crippen LogP contribution < -0.4 is 9.64 Å². The van der Waals surface area contributed by atoms with E-state index in [-0.39, 0.29) is 17.4 Å². The fraction of sp³-hybridized carbons (Fsp3) is 0.227. The number of ether oxygens (including phenoxy) is 2. The molecule has 1 atom stereocenters. The van der Waals surface area contributed by atoms with Gasteiger partial charge in [-0.1, -0.05) is 36.4 Å². The Hall–Kier alpha value is -3.61. The maximum atomic E-state index is 12.8. The van der Waals surface area contributed by atoms with Crippen molar-refractivity contribution in [3.05, 3.63) is 72.1 Å². The number of anilines is 1. The maximum absolute atomic E-state index is 12.8. The molecular weight excluding hydrogens is 370 g/mol. The minimum absolute atomic E-state index is 0.0258. The molecule has 1 amide bonds. The molecule has 29 heavy (non-hydrogen) atoms. The fourth-order valence-corrected chi connectivity index (χ4v) is 3.42. The van der Waals surface area contributed by atoms with Crippen molar-refractivity contribution in [2.24, 2.45) is 0 Å². The van der Waals surface area contributed by atoms with E-state index in [1.807, 2.05) is 54.6 Å². The molecule has 0 bridgehead atoms. The summed E-state index contributed by atoms with van der Waals surface area (Å²) in [6.45, 7) is 2.15. The van der Waals surface area contributed by atoms with E-state index in [1.165, 1.54) is 7.11 Å². The molecule has 3 aromatic rings. The molecule has 1 aromatic heterocycles. The molecule has 0 radical (unpaired) electrons. The van der Waals surface area contributed by atoms with Crippen molar-refractivity contribution in [2.45, 2.75) is 19.4 Å². The summed E-state index contributed by atoms with van der Waals surface area (Å²) in [6.07, 6.45) is 1.45. The molecule has 1 aliphatic heterocycles. The second kappa shape index (κ2) is 7.79. The van der Waals surface area contributed by atoms with Crippen molar-refractivity contribution in [2.75, 3.05) is 18.6 Å². The van der Waals surface area contributed by atoms with Crippen molar-refractivity contribution in [3.63, 3.8) is 0 Å². The van der Waals surface area contributed by atoms with Gasteiger partial charge in [0.05, 0.1) is 19.0 Å².